The molecule has 0 aliphatic carbocycles. The van der Waals surface area contributed by atoms with Crippen molar-refractivity contribution in [2.75, 3.05) is 0 Å². The zero-order valence-corrected chi connectivity index (χ0v) is 13.6. The van der Waals surface area contributed by atoms with Gasteiger partial charge in [0.2, 0.25) is 0 Å². The summed E-state index contributed by atoms with van der Waals surface area (Å²) in [7, 11) is 0. The van der Waals surface area contributed by atoms with Crippen LogP contribution in [0.1, 0.15) is 11.1 Å². The van der Waals surface area contributed by atoms with E-state index in [9.17, 15) is 10.2 Å². The normalized spacial score (nSPS) is 11.8. The van der Waals surface area contributed by atoms with Gasteiger partial charge in [-0.05, 0) is 36.4 Å². The summed E-state index contributed by atoms with van der Waals surface area (Å²) in [6.07, 6.45) is 6.48. The second kappa shape index (κ2) is 6.60. The van der Waals surface area contributed by atoms with Crippen molar-refractivity contribution in [1.82, 2.24) is 9.97 Å². The first-order valence-corrected chi connectivity index (χ1v) is 7.94. The fourth-order valence-electron chi connectivity index (χ4n) is 2.78. The van der Waals surface area contributed by atoms with Crippen LogP contribution in [0.25, 0.3) is 21.8 Å². The van der Waals surface area contributed by atoms with Crippen LogP contribution in [0.4, 0.5) is 0 Å². The van der Waals surface area contributed by atoms with Crippen LogP contribution >= 0.6 is 0 Å². The van der Waals surface area contributed by atoms with Gasteiger partial charge in [-0.3, -0.25) is 9.97 Å². The van der Waals surface area contributed by atoms with E-state index in [4.69, 9.17) is 0 Å². The molecule has 2 heterocycles. The third kappa shape index (κ3) is 2.84. The maximum absolute atomic E-state index is 9.88. The van der Waals surface area contributed by atoms with E-state index >= 15 is 0 Å². The number of hydrogen-bond donors (Lipinski definition) is 2. The first kappa shape index (κ1) is 15.7. The molecule has 0 bridgehead atoms. The van der Waals surface area contributed by atoms with Gasteiger partial charge in [0.25, 0.3) is 0 Å². The number of rotatable bonds is 3. The maximum atomic E-state index is 9.88. The molecule has 6 nitrogen and oxygen atoms in total. The minimum absolute atomic E-state index is 0.129. The molecule has 0 amide bonds. The smallest absolute Gasteiger partial charge is 0.141 e. The lowest BCUT2D eigenvalue weighted by atomic mass is 10.1. The van der Waals surface area contributed by atoms with Crippen LogP contribution in [0, 0.1) is 0 Å². The average molecular weight is 342 g/mol. The molecule has 4 rings (SSSR count). The van der Waals surface area contributed by atoms with E-state index in [1.807, 2.05) is 12.1 Å². The number of aromatic nitrogens is 2. The van der Waals surface area contributed by atoms with Crippen LogP contribution in [0.3, 0.4) is 0 Å². The van der Waals surface area contributed by atoms with E-state index in [2.05, 4.69) is 20.2 Å². The van der Waals surface area contributed by atoms with Crippen molar-refractivity contribution in [2.24, 2.45) is 10.2 Å². The summed E-state index contributed by atoms with van der Waals surface area (Å²) in [5, 5.41) is 29.5. The van der Waals surface area contributed by atoms with Crippen LogP contribution in [-0.2, 0) is 0 Å². The third-order valence-corrected chi connectivity index (χ3v) is 4.02. The van der Waals surface area contributed by atoms with Crippen molar-refractivity contribution in [1.29, 1.82) is 0 Å². The fraction of sp³-hybridized carbons (Fsp3) is 0. The lowest BCUT2D eigenvalue weighted by Gasteiger charge is -2.03. The zero-order chi connectivity index (χ0) is 17.9. The van der Waals surface area contributed by atoms with Gasteiger partial charge in [-0.1, -0.05) is 12.1 Å². The van der Waals surface area contributed by atoms with E-state index < -0.39 is 0 Å². The van der Waals surface area contributed by atoms with E-state index in [1.54, 1.807) is 61.2 Å². The maximum Gasteiger partial charge on any atom is 0.141 e. The molecule has 26 heavy (non-hydrogen) atoms. The average Bonchev–Trinajstić information content (AvgIpc) is 2.69. The van der Waals surface area contributed by atoms with E-state index in [-0.39, 0.29) is 11.5 Å². The number of fused-ring (bicyclic) bond motifs is 2. The van der Waals surface area contributed by atoms with E-state index in [0.717, 1.165) is 21.9 Å². The van der Waals surface area contributed by atoms with Crippen LogP contribution in [-0.4, -0.2) is 32.6 Å². The number of hydrogen-bond acceptors (Lipinski definition) is 6. The minimum atomic E-state index is 0.129. The molecule has 6 heteroatoms. The van der Waals surface area contributed by atoms with Crippen molar-refractivity contribution in [3.05, 3.63) is 72.1 Å². The van der Waals surface area contributed by atoms with E-state index in [1.165, 1.54) is 0 Å². The van der Waals surface area contributed by atoms with Crippen LogP contribution in [0.15, 0.2) is 71.1 Å². The Balaban J connectivity index is 1.66. The van der Waals surface area contributed by atoms with Crippen molar-refractivity contribution in [3.63, 3.8) is 0 Å². The SMILES string of the molecule is Oc1ccc(/C=N/N=C/c2ccc(O)c3ncccc23)c2cccnc12. The van der Waals surface area contributed by atoms with Crippen molar-refractivity contribution >= 4 is 34.2 Å². The van der Waals surface area contributed by atoms with Gasteiger partial charge in [-0.2, -0.15) is 10.2 Å². The standard InChI is InChI=1S/C20H14N4O2/c25-17-7-5-13(15-3-1-9-21-19(15)17)11-23-24-12-14-6-8-18(26)20-16(14)4-2-10-22-20/h1-12,25-26H/b23-11+,24-12+. The minimum Gasteiger partial charge on any atom is -0.506 e. The van der Waals surface area contributed by atoms with Gasteiger partial charge in [0, 0.05) is 34.3 Å². The highest BCUT2D eigenvalue weighted by Gasteiger charge is 2.05. The van der Waals surface area contributed by atoms with Gasteiger partial charge in [-0.15, -0.1) is 0 Å². The Morgan fingerprint density at radius 3 is 1.58 bits per heavy atom. The Morgan fingerprint density at radius 2 is 1.12 bits per heavy atom. The summed E-state index contributed by atoms with van der Waals surface area (Å²) < 4.78 is 0. The molecule has 0 unspecified atom stereocenters. The summed E-state index contributed by atoms with van der Waals surface area (Å²) in [4.78, 5) is 8.36. The number of phenolic OH excluding ortho intramolecular Hbond substituents is 2. The Bertz CT molecular complexity index is 1080. The summed E-state index contributed by atoms with van der Waals surface area (Å²) in [6, 6.07) is 14.0. The Hall–Kier alpha value is -3.80. The Labute approximate surface area is 148 Å². The van der Waals surface area contributed by atoms with Gasteiger partial charge in [0.1, 0.15) is 22.5 Å². The molecule has 2 aromatic carbocycles. The first-order valence-electron chi connectivity index (χ1n) is 7.94. The molecule has 0 saturated carbocycles. The van der Waals surface area contributed by atoms with Crippen LogP contribution in [0.5, 0.6) is 11.5 Å². The quantitative estimate of drug-likeness (QED) is 0.439. The molecule has 0 aliphatic heterocycles. The molecular weight excluding hydrogens is 328 g/mol. The predicted octanol–water partition coefficient (Wildman–Crippen LogP) is 3.65. The number of pyridine rings is 2. The van der Waals surface area contributed by atoms with Gasteiger partial charge in [0.05, 0.1) is 12.4 Å². The molecule has 0 atom stereocenters. The lowest BCUT2D eigenvalue weighted by Crippen LogP contribution is -1.88. The van der Waals surface area contributed by atoms with E-state index in [0.29, 0.717) is 11.0 Å². The van der Waals surface area contributed by atoms with Crippen molar-refractivity contribution in [3.8, 4) is 11.5 Å². The molecule has 0 radical (unpaired) electrons. The zero-order valence-electron chi connectivity index (χ0n) is 13.6. The lowest BCUT2D eigenvalue weighted by molar-refractivity contribution is 0.480. The van der Waals surface area contributed by atoms with Crippen molar-refractivity contribution in [2.45, 2.75) is 0 Å². The van der Waals surface area contributed by atoms with Crippen LogP contribution < -0.4 is 0 Å². The summed E-state index contributed by atoms with van der Waals surface area (Å²) in [5.74, 6) is 0.258. The Kier molecular flexibility index (Phi) is 3.99. The highest BCUT2D eigenvalue weighted by molar-refractivity contribution is 6.02. The van der Waals surface area contributed by atoms with Gasteiger partial charge in [0.15, 0.2) is 0 Å². The second-order valence-corrected chi connectivity index (χ2v) is 5.64. The monoisotopic (exact) mass is 342 g/mol. The molecule has 4 aromatic rings. The number of phenols is 2. The molecule has 0 fully saturated rings. The van der Waals surface area contributed by atoms with Crippen molar-refractivity contribution < 1.29 is 10.2 Å². The summed E-state index contributed by atoms with van der Waals surface area (Å²) >= 11 is 0. The Morgan fingerprint density at radius 1 is 0.654 bits per heavy atom. The second-order valence-electron chi connectivity index (χ2n) is 5.64. The molecule has 0 aliphatic rings. The summed E-state index contributed by atoms with van der Waals surface area (Å²) in [5.41, 5.74) is 2.66. The number of benzene rings is 2. The fourth-order valence-corrected chi connectivity index (χ4v) is 2.78. The summed E-state index contributed by atoms with van der Waals surface area (Å²) in [6.45, 7) is 0. The molecule has 126 valence electrons. The molecule has 2 N–H and O–H groups in total. The van der Waals surface area contributed by atoms with Gasteiger partial charge in [-0.25, -0.2) is 0 Å². The van der Waals surface area contributed by atoms with Gasteiger partial charge < -0.3 is 10.2 Å². The van der Waals surface area contributed by atoms with Gasteiger partial charge >= 0.3 is 0 Å². The molecule has 0 spiro atoms. The predicted molar refractivity (Wildman–Crippen MR) is 102 cm³/mol. The molecule has 2 aromatic heterocycles. The third-order valence-electron chi connectivity index (χ3n) is 4.02. The highest BCUT2D eigenvalue weighted by atomic mass is 16.3. The highest BCUT2D eigenvalue weighted by Crippen LogP contribution is 2.25. The molecular formula is C20H14N4O2. The largest absolute Gasteiger partial charge is 0.506 e. The number of nitrogens with zero attached hydrogens (tertiary/aromatic N) is 4. The first-order chi connectivity index (χ1) is 12.7. The topological polar surface area (TPSA) is 91.0 Å². The van der Waals surface area contributed by atoms with Crippen LogP contribution in [0.2, 0.25) is 0 Å². The molecule has 0 saturated heterocycles. The number of aromatic hydroxyl groups is 2.